The molecule has 0 amide bonds. The molecule has 2 saturated heterocycles. The van der Waals surface area contributed by atoms with Gasteiger partial charge in [0.05, 0.1) is 18.3 Å². The van der Waals surface area contributed by atoms with Crippen LogP contribution in [-0.2, 0) is 9.47 Å². The number of ether oxygens (including phenoxy) is 2. The number of hydrogen-bond acceptors (Lipinski definition) is 3. The first kappa shape index (κ1) is 15.8. The highest BCUT2D eigenvalue weighted by atomic mass is 16.5. The lowest BCUT2D eigenvalue weighted by Gasteiger charge is -2.37. The molecule has 0 spiro atoms. The van der Waals surface area contributed by atoms with E-state index in [2.05, 4.69) is 26.1 Å². The topological polar surface area (TPSA) is 30.5 Å². The lowest BCUT2D eigenvalue weighted by atomic mass is 9.74. The van der Waals surface area contributed by atoms with Crippen LogP contribution in [0.15, 0.2) is 0 Å². The first-order chi connectivity index (χ1) is 10.1. The van der Waals surface area contributed by atoms with Crippen molar-refractivity contribution in [1.82, 2.24) is 5.32 Å². The Morgan fingerprint density at radius 1 is 1.19 bits per heavy atom. The van der Waals surface area contributed by atoms with Gasteiger partial charge in [-0.2, -0.15) is 0 Å². The van der Waals surface area contributed by atoms with Crippen molar-refractivity contribution in [3.05, 3.63) is 0 Å². The van der Waals surface area contributed by atoms with Gasteiger partial charge in [-0.1, -0.05) is 13.8 Å². The fourth-order valence-corrected chi connectivity index (χ4v) is 4.32. The molecule has 1 aliphatic carbocycles. The lowest BCUT2D eigenvalue weighted by Crippen LogP contribution is -2.45. The van der Waals surface area contributed by atoms with Crippen LogP contribution in [0.3, 0.4) is 0 Å². The summed E-state index contributed by atoms with van der Waals surface area (Å²) in [6.45, 7) is 9.96. The molecule has 1 N–H and O–H groups in total. The quantitative estimate of drug-likeness (QED) is 0.781. The Hall–Kier alpha value is -0.120. The van der Waals surface area contributed by atoms with Crippen molar-refractivity contribution in [2.75, 3.05) is 19.7 Å². The Balaban J connectivity index is 1.64. The summed E-state index contributed by atoms with van der Waals surface area (Å²) in [6, 6.07) is 0. The van der Waals surface area contributed by atoms with Crippen LogP contribution in [0.5, 0.6) is 0 Å². The zero-order valence-electron chi connectivity index (χ0n) is 14.1. The zero-order valence-corrected chi connectivity index (χ0v) is 14.1. The Kier molecular flexibility index (Phi) is 4.92. The SMILES string of the molecule is CC(C)CNCC1(CC2CCC(C)O2)CCOC1C1CC1. The highest BCUT2D eigenvalue weighted by Gasteiger charge is 2.51. The van der Waals surface area contributed by atoms with Crippen molar-refractivity contribution in [1.29, 1.82) is 0 Å². The van der Waals surface area contributed by atoms with E-state index in [0.29, 0.717) is 29.6 Å². The predicted octanol–water partition coefficient (Wildman–Crippen LogP) is 3.37. The molecule has 3 nitrogen and oxygen atoms in total. The Labute approximate surface area is 130 Å². The van der Waals surface area contributed by atoms with Gasteiger partial charge < -0.3 is 14.8 Å². The Bertz CT molecular complexity index is 342. The summed E-state index contributed by atoms with van der Waals surface area (Å²) in [6.07, 6.45) is 9.03. The average Bonchev–Trinajstić information content (AvgIpc) is 3.06. The number of nitrogens with one attached hydrogen (secondary N) is 1. The van der Waals surface area contributed by atoms with E-state index in [1.165, 1.54) is 38.5 Å². The molecule has 0 aromatic carbocycles. The monoisotopic (exact) mass is 295 g/mol. The van der Waals surface area contributed by atoms with Gasteiger partial charge in [-0.15, -0.1) is 0 Å². The van der Waals surface area contributed by atoms with Gasteiger partial charge in [0.1, 0.15) is 0 Å². The van der Waals surface area contributed by atoms with Gasteiger partial charge in [-0.05, 0) is 63.8 Å². The third kappa shape index (κ3) is 3.80. The van der Waals surface area contributed by atoms with Gasteiger partial charge in [-0.25, -0.2) is 0 Å². The van der Waals surface area contributed by atoms with Crippen LogP contribution in [0.2, 0.25) is 0 Å². The minimum Gasteiger partial charge on any atom is -0.377 e. The van der Waals surface area contributed by atoms with Crippen LogP contribution in [0.1, 0.15) is 59.3 Å². The minimum absolute atomic E-state index is 0.324. The molecule has 4 unspecified atom stereocenters. The summed E-state index contributed by atoms with van der Waals surface area (Å²) in [5, 5.41) is 3.73. The third-order valence-corrected chi connectivity index (χ3v) is 5.53. The van der Waals surface area contributed by atoms with Gasteiger partial charge in [0, 0.05) is 18.6 Å². The zero-order chi connectivity index (χ0) is 14.9. The van der Waals surface area contributed by atoms with Crippen molar-refractivity contribution in [3.63, 3.8) is 0 Å². The van der Waals surface area contributed by atoms with E-state index in [0.717, 1.165) is 25.6 Å². The molecule has 0 radical (unpaired) electrons. The third-order valence-electron chi connectivity index (χ3n) is 5.53. The molecule has 21 heavy (non-hydrogen) atoms. The van der Waals surface area contributed by atoms with Crippen molar-refractivity contribution < 1.29 is 9.47 Å². The second kappa shape index (κ2) is 6.55. The summed E-state index contributed by atoms with van der Waals surface area (Å²) in [4.78, 5) is 0. The molecule has 3 heteroatoms. The van der Waals surface area contributed by atoms with E-state index in [9.17, 15) is 0 Å². The molecule has 3 rings (SSSR count). The van der Waals surface area contributed by atoms with Crippen molar-refractivity contribution in [3.8, 4) is 0 Å². The first-order valence-corrected chi connectivity index (χ1v) is 9.07. The first-order valence-electron chi connectivity index (χ1n) is 9.07. The van der Waals surface area contributed by atoms with Gasteiger partial charge in [0.2, 0.25) is 0 Å². The molecule has 122 valence electrons. The van der Waals surface area contributed by atoms with Crippen LogP contribution in [0.25, 0.3) is 0 Å². The van der Waals surface area contributed by atoms with Crippen LogP contribution in [0.4, 0.5) is 0 Å². The summed E-state index contributed by atoms with van der Waals surface area (Å²) in [5.41, 5.74) is 0.324. The highest BCUT2D eigenvalue weighted by molar-refractivity contribution is 5.02. The maximum Gasteiger partial charge on any atom is 0.0673 e. The molecule has 2 heterocycles. The molecule has 0 aromatic rings. The van der Waals surface area contributed by atoms with Crippen LogP contribution in [0, 0.1) is 17.3 Å². The molecule has 3 fully saturated rings. The second-order valence-electron chi connectivity index (χ2n) is 8.12. The number of hydrogen-bond donors (Lipinski definition) is 1. The normalized spacial score (nSPS) is 40.3. The molecule has 2 aliphatic heterocycles. The molecular weight excluding hydrogens is 262 g/mol. The van der Waals surface area contributed by atoms with Gasteiger partial charge in [-0.3, -0.25) is 0 Å². The molecule has 0 aromatic heterocycles. The van der Waals surface area contributed by atoms with Gasteiger partial charge in [0.15, 0.2) is 0 Å². The van der Waals surface area contributed by atoms with Crippen LogP contribution >= 0.6 is 0 Å². The smallest absolute Gasteiger partial charge is 0.0673 e. The predicted molar refractivity (Wildman–Crippen MR) is 85.4 cm³/mol. The average molecular weight is 295 g/mol. The highest BCUT2D eigenvalue weighted by Crippen LogP contribution is 2.50. The van der Waals surface area contributed by atoms with Crippen molar-refractivity contribution in [2.45, 2.75) is 77.6 Å². The molecule has 0 bridgehead atoms. The molecule has 1 saturated carbocycles. The standard InChI is InChI=1S/C18H33NO2/c1-13(2)11-19-12-18(10-16-7-4-14(3)21-16)8-9-20-17(18)15-5-6-15/h13-17,19H,4-12H2,1-3H3. The largest absolute Gasteiger partial charge is 0.377 e. The second-order valence-corrected chi connectivity index (χ2v) is 8.12. The van der Waals surface area contributed by atoms with E-state index >= 15 is 0 Å². The summed E-state index contributed by atoms with van der Waals surface area (Å²) >= 11 is 0. The summed E-state index contributed by atoms with van der Waals surface area (Å²) < 4.78 is 12.3. The van der Waals surface area contributed by atoms with Crippen LogP contribution in [-0.4, -0.2) is 38.0 Å². The van der Waals surface area contributed by atoms with E-state index in [1.54, 1.807) is 0 Å². The van der Waals surface area contributed by atoms with E-state index in [4.69, 9.17) is 9.47 Å². The fraction of sp³-hybridized carbons (Fsp3) is 1.00. The van der Waals surface area contributed by atoms with Gasteiger partial charge >= 0.3 is 0 Å². The fourth-order valence-electron chi connectivity index (χ4n) is 4.32. The molecular formula is C18H33NO2. The minimum atomic E-state index is 0.324. The van der Waals surface area contributed by atoms with E-state index in [-0.39, 0.29) is 0 Å². The molecule has 4 atom stereocenters. The van der Waals surface area contributed by atoms with E-state index < -0.39 is 0 Å². The number of rotatable bonds is 7. The Morgan fingerprint density at radius 3 is 2.62 bits per heavy atom. The van der Waals surface area contributed by atoms with Crippen LogP contribution < -0.4 is 5.32 Å². The van der Waals surface area contributed by atoms with Gasteiger partial charge in [0.25, 0.3) is 0 Å². The maximum atomic E-state index is 6.19. The van der Waals surface area contributed by atoms with E-state index in [1.807, 2.05) is 0 Å². The summed E-state index contributed by atoms with van der Waals surface area (Å²) in [5.74, 6) is 1.54. The summed E-state index contributed by atoms with van der Waals surface area (Å²) in [7, 11) is 0. The molecule has 3 aliphatic rings. The Morgan fingerprint density at radius 2 is 2.00 bits per heavy atom. The van der Waals surface area contributed by atoms with Crippen molar-refractivity contribution in [2.24, 2.45) is 17.3 Å². The maximum absolute atomic E-state index is 6.19. The van der Waals surface area contributed by atoms with Crippen molar-refractivity contribution >= 4 is 0 Å². The lowest BCUT2D eigenvalue weighted by molar-refractivity contribution is -0.0193.